The zero-order valence-corrected chi connectivity index (χ0v) is 11.6. The summed E-state index contributed by atoms with van der Waals surface area (Å²) < 4.78 is 12.2. The number of hydrogen-bond acceptors (Lipinski definition) is 4. The number of nitro benzene ring substituents is 1. The normalized spacial score (nSPS) is 11.8. The Morgan fingerprint density at radius 3 is 2.43 bits per heavy atom. The van der Waals surface area contributed by atoms with Gasteiger partial charge in [0.1, 0.15) is 0 Å². The molecule has 0 saturated carbocycles. The molecule has 0 fully saturated rings. The van der Waals surface area contributed by atoms with Gasteiger partial charge in [0.15, 0.2) is 0 Å². The summed E-state index contributed by atoms with van der Waals surface area (Å²) in [6, 6.07) is 11.7. The molecule has 0 radical (unpaired) electrons. The maximum absolute atomic E-state index is 12.2. The van der Waals surface area contributed by atoms with Gasteiger partial charge in [0.25, 0.3) is 5.69 Å². The Morgan fingerprint density at radius 2 is 1.86 bits per heavy atom. The van der Waals surface area contributed by atoms with Crippen LogP contribution in [0.5, 0.6) is 0 Å². The van der Waals surface area contributed by atoms with Gasteiger partial charge in [-0.2, -0.15) is 0 Å². The van der Waals surface area contributed by atoms with Gasteiger partial charge in [0.05, 0.1) is 27.0 Å². The first-order valence-corrected chi connectivity index (χ1v) is 7.24. The van der Waals surface area contributed by atoms with Crippen LogP contribution in [0, 0.1) is 10.1 Å². The molecular formula is C14H11NO5S. The van der Waals surface area contributed by atoms with E-state index in [1.165, 1.54) is 42.5 Å². The Hall–Kier alpha value is -2.54. The summed E-state index contributed by atoms with van der Waals surface area (Å²) in [5, 5.41) is 19.5. The highest BCUT2D eigenvalue weighted by atomic mass is 32.2. The van der Waals surface area contributed by atoms with E-state index in [0.29, 0.717) is 10.5 Å². The van der Waals surface area contributed by atoms with Crippen molar-refractivity contribution in [3.8, 4) is 0 Å². The predicted molar refractivity (Wildman–Crippen MR) is 76.6 cm³/mol. The second-order valence-electron chi connectivity index (χ2n) is 4.25. The summed E-state index contributed by atoms with van der Waals surface area (Å²) in [6.45, 7) is 0. The minimum atomic E-state index is -1.39. The molecule has 2 aromatic rings. The molecule has 2 rings (SSSR count). The van der Waals surface area contributed by atoms with Crippen molar-refractivity contribution < 1.29 is 19.0 Å². The van der Waals surface area contributed by atoms with Crippen LogP contribution in [0.1, 0.15) is 15.9 Å². The molecular weight excluding hydrogens is 294 g/mol. The van der Waals surface area contributed by atoms with Crippen LogP contribution in [0.25, 0.3) is 0 Å². The summed E-state index contributed by atoms with van der Waals surface area (Å²) >= 11 is 0. The molecule has 0 bridgehead atoms. The summed E-state index contributed by atoms with van der Waals surface area (Å²) in [5.41, 5.74) is 0.654. The van der Waals surface area contributed by atoms with Crippen LogP contribution >= 0.6 is 0 Å². The average Bonchev–Trinajstić information content (AvgIpc) is 2.47. The Labute approximate surface area is 122 Å². The second kappa shape index (κ2) is 6.27. The fraction of sp³-hybridized carbons (Fsp3) is 0.0714. The van der Waals surface area contributed by atoms with Gasteiger partial charge in [-0.05, 0) is 29.8 Å². The number of rotatable bonds is 5. The smallest absolute Gasteiger partial charge is 0.335 e. The number of carboxylic acids is 1. The quantitative estimate of drug-likeness (QED) is 0.676. The molecule has 7 heteroatoms. The van der Waals surface area contributed by atoms with E-state index in [0.717, 1.165) is 0 Å². The van der Waals surface area contributed by atoms with Crippen molar-refractivity contribution in [3.63, 3.8) is 0 Å². The van der Waals surface area contributed by atoms with Crippen LogP contribution in [0.2, 0.25) is 0 Å². The third-order valence-electron chi connectivity index (χ3n) is 2.78. The van der Waals surface area contributed by atoms with E-state index >= 15 is 0 Å². The molecule has 0 aliphatic heterocycles. The predicted octanol–water partition coefficient (Wildman–Crippen LogP) is 2.60. The summed E-state index contributed by atoms with van der Waals surface area (Å²) in [7, 11) is -1.39. The average molecular weight is 305 g/mol. The van der Waals surface area contributed by atoms with E-state index in [1.807, 2.05) is 0 Å². The molecule has 2 aromatic carbocycles. The van der Waals surface area contributed by atoms with Gasteiger partial charge in [-0.1, -0.05) is 12.1 Å². The third kappa shape index (κ3) is 3.73. The van der Waals surface area contributed by atoms with Crippen LogP contribution in [0.15, 0.2) is 53.4 Å². The van der Waals surface area contributed by atoms with Crippen LogP contribution in [-0.4, -0.2) is 20.2 Å². The molecule has 1 N–H and O–H groups in total. The molecule has 21 heavy (non-hydrogen) atoms. The number of non-ortho nitro benzene ring substituents is 1. The molecule has 1 atom stereocenters. The molecule has 0 saturated heterocycles. The van der Waals surface area contributed by atoms with E-state index in [1.54, 1.807) is 6.07 Å². The second-order valence-corrected chi connectivity index (χ2v) is 5.70. The van der Waals surface area contributed by atoms with E-state index < -0.39 is 21.7 Å². The Bertz CT molecular complexity index is 712. The first kappa shape index (κ1) is 14.9. The fourth-order valence-electron chi connectivity index (χ4n) is 1.74. The molecule has 0 aliphatic carbocycles. The van der Waals surface area contributed by atoms with E-state index in [2.05, 4.69) is 0 Å². The van der Waals surface area contributed by atoms with Crippen molar-refractivity contribution in [1.82, 2.24) is 0 Å². The molecule has 0 amide bonds. The third-order valence-corrected chi connectivity index (χ3v) is 4.18. The van der Waals surface area contributed by atoms with Crippen molar-refractivity contribution in [3.05, 3.63) is 69.8 Å². The molecule has 108 valence electrons. The lowest BCUT2D eigenvalue weighted by Gasteiger charge is -2.03. The maximum atomic E-state index is 12.2. The van der Waals surface area contributed by atoms with E-state index in [9.17, 15) is 19.1 Å². The van der Waals surface area contributed by atoms with Gasteiger partial charge >= 0.3 is 5.97 Å². The number of nitrogens with zero attached hydrogens (tertiary/aromatic N) is 1. The van der Waals surface area contributed by atoms with Gasteiger partial charge in [0.2, 0.25) is 0 Å². The van der Waals surface area contributed by atoms with E-state index in [4.69, 9.17) is 5.11 Å². The highest BCUT2D eigenvalue weighted by molar-refractivity contribution is 7.84. The first-order valence-electron chi connectivity index (χ1n) is 5.92. The number of carboxylic acid groups (broad SMARTS) is 1. The highest BCUT2D eigenvalue weighted by Gasteiger charge is 2.10. The SMILES string of the molecule is O=C(O)c1ccc(S(=O)Cc2cccc([N+](=O)[O-])c2)cc1. The largest absolute Gasteiger partial charge is 0.478 e. The van der Waals surface area contributed by atoms with Crippen molar-refractivity contribution in [2.75, 3.05) is 0 Å². The number of hydrogen-bond donors (Lipinski definition) is 1. The lowest BCUT2D eigenvalue weighted by molar-refractivity contribution is -0.384. The monoisotopic (exact) mass is 305 g/mol. The molecule has 0 aromatic heterocycles. The fourth-order valence-corrected chi connectivity index (χ4v) is 2.83. The van der Waals surface area contributed by atoms with Crippen LogP contribution in [-0.2, 0) is 16.6 Å². The molecule has 6 nitrogen and oxygen atoms in total. The topological polar surface area (TPSA) is 97.5 Å². The first-order chi connectivity index (χ1) is 9.97. The van der Waals surface area contributed by atoms with Crippen molar-refractivity contribution in [2.24, 2.45) is 0 Å². The van der Waals surface area contributed by atoms with Crippen LogP contribution < -0.4 is 0 Å². The van der Waals surface area contributed by atoms with Gasteiger partial charge in [-0.15, -0.1) is 0 Å². The Kier molecular flexibility index (Phi) is 4.44. The number of benzene rings is 2. The minimum absolute atomic E-state index is 0.0503. The van der Waals surface area contributed by atoms with Gasteiger partial charge in [0, 0.05) is 17.0 Å². The van der Waals surface area contributed by atoms with Crippen LogP contribution in [0.3, 0.4) is 0 Å². The lowest BCUT2D eigenvalue weighted by Crippen LogP contribution is -2.00. The summed E-state index contributed by atoms with van der Waals surface area (Å²) in [6.07, 6.45) is 0. The van der Waals surface area contributed by atoms with Gasteiger partial charge in [-0.3, -0.25) is 14.3 Å². The van der Waals surface area contributed by atoms with Crippen molar-refractivity contribution in [2.45, 2.75) is 10.6 Å². The summed E-state index contributed by atoms with van der Waals surface area (Å²) in [4.78, 5) is 21.4. The summed E-state index contributed by atoms with van der Waals surface area (Å²) in [5.74, 6) is -0.917. The molecule has 1 unspecified atom stereocenters. The van der Waals surface area contributed by atoms with Crippen LogP contribution in [0.4, 0.5) is 5.69 Å². The minimum Gasteiger partial charge on any atom is -0.478 e. The van der Waals surface area contributed by atoms with E-state index in [-0.39, 0.29) is 17.0 Å². The Morgan fingerprint density at radius 1 is 1.19 bits per heavy atom. The number of carbonyl (C=O) groups is 1. The van der Waals surface area contributed by atoms with Gasteiger partial charge in [-0.25, -0.2) is 4.79 Å². The lowest BCUT2D eigenvalue weighted by atomic mass is 10.2. The highest BCUT2D eigenvalue weighted by Crippen LogP contribution is 2.17. The zero-order chi connectivity index (χ0) is 15.4. The van der Waals surface area contributed by atoms with Gasteiger partial charge < -0.3 is 5.11 Å². The maximum Gasteiger partial charge on any atom is 0.335 e. The molecule has 0 heterocycles. The van der Waals surface area contributed by atoms with Crippen molar-refractivity contribution in [1.29, 1.82) is 0 Å². The molecule has 0 aliphatic rings. The number of aromatic carboxylic acids is 1. The van der Waals surface area contributed by atoms with Crippen molar-refractivity contribution >= 4 is 22.5 Å². The zero-order valence-electron chi connectivity index (χ0n) is 10.8. The number of nitro groups is 1. The molecule has 0 spiro atoms. The Balaban J connectivity index is 2.16. The standard InChI is InChI=1S/C14H11NO5S/c16-14(17)11-4-6-13(7-5-11)21(20)9-10-2-1-3-12(8-10)15(18)19/h1-8H,9H2,(H,16,17).